The zero-order chi connectivity index (χ0) is 16.4. The number of aryl methyl sites for hydroxylation is 1. The molecule has 3 aromatic rings. The van der Waals surface area contributed by atoms with E-state index in [1.807, 2.05) is 24.3 Å². The first-order valence-corrected chi connectivity index (χ1v) is 9.11. The van der Waals surface area contributed by atoms with Gasteiger partial charge < -0.3 is 10.7 Å². The van der Waals surface area contributed by atoms with E-state index >= 15 is 0 Å². The van der Waals surface area contributed by atoms with Crippen LogP contribution < -0.4 is 5.73 Å². The minimum Gasteiger partial charge on any atom is -0.354 e. The third-order valence-electron chi connectivity index (χ3n) is 3.94. The van der Waals surface area contributed by atoms with Crippen LogP contribution >= 0.6 is 39.1 Å². The minimum atomic E-state index is 0.635. The van der Waals surface area contributed by atoms with Crippen molar-refractivity contribution in [1.29, 1.82) is 0 Å². The Morgan fingerprint density at radius 1 is 1.09 bits per heavy atom. The van der Waals surface area contributed by atoms with Crippen LogP contribution in [0.25, 0.3) is 22.2 Å². The fourth-order valence-electron chi connectivity index (χ4n) is 2.90. The Bertz CT molecular complexity index is 842. The van der Waals surface area contributed by atoms with Gasteiger partial charge in [0.2, 0.25) is 0 Å². The fraction of sp³-hybridized carbons (Fsp3) is 0.222. The highest BCUT2D eigenvalue weighted by molar-refractivity contribution is 9.10. The van der Waals surface area contributed by atoms with E-state index in [0.717, 1.165) is 45.9 Å². The van der Waals surface area contributed by atoms with Gasteiger partial charge in [-0.3, -0.25) is 0 Å². The van der Waals surface area contributed by atoms with E-state index in [0.29, 0.717) is 16.6 Å². The quantitative estimate of drug-likeness (QED) is 0.483. The number of hydrogen-bond acceptors (Lipinski definition) is 1. The molecule has 3 rings (SSSR count). The summed E-state index contributed by atoms with van der Waals surface area (Å²) in [4.78, 5) is 3.50. The van der Waals surface area contributed by atoms with Gasteiger partial charge in [-0.25, -0.2) is 0 Å². The van der Waals surface area contributed by atoms with Gasteiger partial charge in [-0.15, -0.1) is 0 Å². The summed E-state index contributed by atoms with van der Waals surface area (Å²) < 4.78 is 1.05. The van der Waals surface area contributed by atoms with Crippen LogP contribution in [-0.4, -0.2) is 11.5 Å². The number of nitrogens with two attached hydrogens (primary N) is 1. The molecule has 1 heterocycles. The second-order valence-electron chi connectivity index (χ2n) is 5.51. The number of H-pyrrole nitrogens is 1. The predicted octanol–water partition coefficient (Wildman–Crippen LogP) is 6.19. The zero-order valence-electron chi connectivity index (χ0n) is 12.5. The molecule has 0 amide bonds. The van der Waals surface area contributed by atoms with E-state index in [9.17, 15) is 0 Å². The lowest BCUT2D eigenvalue weighted by Crippen LogP contribution is -1.99. The lowest BCUT2D eigenvalue weighted by Gasteiger charge is -2.07. The van der Waals surface area contributed by atoms with Crippen LogP contribution in [0.3, 0.4) is 0 Å². The molecule has 0 atom stereocenters. The Morgan fingerprint density at radius 3 is 2.61 bits per heavy atom. The number of benzene rings is 2. The molecule has 0 radical (unpaired) electrons. The Labute approximate surface area is 154 Å². The van der Waals surface area contributed by atoms with Crippen molar-refractivity contribution in [3.8, 4) is 11.3 Å². The fourth-order valence-corrected chi connectivity index (χ4v) is 3.99. The van der Waals surface area contributed by atoms with E-state index in [4.69, 9.17) is 28.9 Å². The Kier molecular flexibility index (Phi) is 5.32. The Hall–Kier alpha value is -1.000. The first kappa shape index (κ1) is 16.8. The number of aromatic nitrogens is 1. The van der Waals surface area contributed by atoms with Crippen LogP contribution in [0.5, 0.6) is 0 Å². The van der Waals surface area contributed by atoms with E-state index in [1.54, 1.807) is 6.07 Å². The maximum atomic E-state index is 6.48. The molecule has 0 bridgehead atoms. The summed E-state index contributed by atoms with van der Waals surface area (Å²) in [5, 5.41) is 2.37. The molecule has 0 saturated carbocycles. The molecule has 0 aliphatic heterocycles. The van der Waals surface area contributed by atoms with Gasteiger partial charge in [0.05, 0.1) is 10.7 Å². The monoisotopic (exact) mass is 410 g/mol. The third-order valence-corrected chi connectivity index (χ3v) is 5.15. The van der Waals surface area contributed by atoms with E-state index < -0.39 is 0 Å². The number of fused-ring (bicyclic) bond motifs is 1. The number of unbranched alkanes of at least 4 members (excludes halogenated alkanes) is 1. The molecule has 2 aromatic carbocycles. The van der Waals surface area contributed by atoms with Crippen LogP contribution in [0.4, 0.5) is 0 Å². The Morgan fingerprint density at radius 2 is 1.87 bits per heavy atom. The molecule has 3 N–H and O–H groups in total. The zero-order valence-corrected chi connectivity index (χ0v) is 15.6. The van der Waals surface area contributed by atoms with Gasteiger partial charge in [-0.1, -0.05) is 57.3 Å². The van der Waals surface area contributed by atoms with Gasteiger partial charge in [0.1, 0.15) is 0 Å². The molecule has 0 aliphatic carbocycles. The highest BCUT2D eigenvalue weighted by atomic mass is 79.9. The summed E-state index contributed by atoms with van der Waals surface area (Å²) in [7, 11) is 0. The van der Waals surface area contributed by atoms with Crippen molar-refractivity contribution in [1.82, 2.24) is 4.98 Å². The van der Waals surface area contributed by atoms with Crippen molar-refractivity contribution in [3.63, 3.8) is 0 Å². The smallest absolute Gasteiger partial charge is 0.0517 e. The van der Waals surface area contributed by atoms with Gasteiger partial charge >= 0.3 is 0 Å². The molecule has 0 aliphatic rings. The van der Waals surface area contributed by atoms with Crippen molar-refractivity contribution in [2.45, 2.75) is 19.3 Å². The van der Waals surface area contributed by atoms with Crippen molar-refractivity contribution in [2.24, 2.45) is 5.73 Å². The van der Waals surface area contributed by atoms with Gasteiger partial charge in [0.15, 0.2) is 0 Å². The van der Waals surface area contributed by atoms with Gasteiger partial charge in [0, 0.05) is 26.0 Å². The first-order chi connectivity index (χ1) is 11.1. The number of rotatable bonds is 5. The maximum Gasteiger partial charge on any atom is 0.0517 e. The van der Waals surface area contributed by atoms with E-state index in [2.05, 4.69) is 27.0 Å². The largest absolute Gasteiger partial charge is 0.354 e. The standard InChI is InChI=1S/C18H17BrCl2N2/c19-14-7-2-1-5-12(14)18-13(6-3-4-8-22)17-15(21)9-11(20)10-16(17)23-18/h1-2,5,7,9-10,23H,3-4,6,8,22H2. The lowest BCUT2D eigenvalue weighted by molar-refractivity contribution is 0.748. The summed E-state index contributed by atoms with van der Waals surface area (Å²) in [6.45, 7) is 0.701. The second kappa shape index (κ2) is 7.27. The SMILES string of the molecule is NCCCCc1c(-c2ccccc2Br)[nH]c2cc(Cl)cc(Cl)c12. The topological polar surface area (TPSA) is 41.8 Å². The van der Waals surface area contributed by atoms with Crippen molar-refractivity contribution < 1.29 is 0 Å². The van der Waals surface area contributed by atoms with Crippen LogP contribution in [0.1, 0.15) is 18.4 Å². The molecular weight excluding hydrogens is 395 g/mol. The highest BCUT2D eigenvalue weighted by Gasteiger charge is 2.17. The molecule has 0 fully saturated rings. The molecule has 23 heavy (non-hydrogen) atoms. The van der Waals surface area contributed by atoms with Gasteiger partial charge in [-0.05, 0) is 49.6 Å². The molecule has 0 spiro atoms. The average Bonchev–Trinajstić information content (AvgIpc) is 2.86. The first-order valence-electron chi connectivity index (χ1n) is 7.56. The average molecular weight is 412 g/mol. The molecule has 2 nitrogen and oxygen atoms in total. The van der Waals surface area contributed by atoms with E-state index in [1.165, 1.54) is 5.56 Å². The predicted molar refractivity (Wildman–Crippen MR) is 103 cm³/mol. The second-order valence-corrected chi connectivity index (χ2v) is 7.21. The molecule has 120 valence electrons. The number of halogens is 3. The van der Waals surface area contributed by atoms with Crippen LogP contribution in [0.15, 0.2) is 40.9 Å². The summed E-state index contributed by atoms with van der Waals surface area (Å²) >= 11 is 16.3. The van der Waals surface area contributed by atoms with Crippen molar-refractivity contribution in [2.75, 3.05) is 6.54 Å². The molecular formula is C18H17BrCl2N2. The summed E-state index contributed by atoms with van der Waals surface area (Å²) in [5.74, 6) is 0. The van der Waals surface area contributed by atoms with Crippen molar-refractivity contribution >= 4 is 50.0 Å². The highest BCUT2D eigenvalue weighted by Crippen LogP contribution is 2.39. The van der Waals surface area contributed by atoms with Crippen LogP contribution in [-0.2, 0) is 6.42 Å². The summed E-state index contributed by atoms with van der Waals surface area (Å²) in [6.07, 6.45) is 2.95. The summed E-state index contributed by atoms with van der Waals surface area (Å²) in [6, 6.07) is 11.9. The molecule has 0 saturated heterocycles. The van der Waals surface area contributed by atoms with Crippen molar-refractivity contribution in [3.05, 3.63) is 56.5 Å². The Balaban J connectivity index is 2.21. The van der Waals surface area contributed by atoms with E-state index in [-0.39, 0.29) is 0 Å². The van der Waals surface area contributed by atoms with Gasteiger partial charge in [0.25, 0.3) is 0 Å². The van der Waals surface area contributed by atoms with Gasteiger partial charge in [-0.2, -0.15) is 0 Å². The third kappa shape index (κ3) is 3.43. The molecule has 5 heteroatoms. The number of aromatic amines is 1. The maximum absolute atomic E-state index is 6.48. The lowest BCUT2D eigenvalue weighted by atomic mass is 10.0. The minimum absolute atomic E-state index is 0.635. The molecule has 0 unspecified atom stereocenters. The number of hydrogen-bond donors (Lipinski definition) is 2. The number of nitrogens with one attached hydrogen (secondary N) is 1. The van der Waals surface area contributed by atoms with Crippen LogP contribution in [0, 0.1) is 0 Å². The normalized spacial score (nSPS) is 11.3. The summed E-state index contributed by atoms with van der Waals surface area (Å²) in [5.41, 5.74) is 10.1. The van der Waals surface area contributed by atoms with Crippen LogP contribution in [0.2, 0.25) is 10.0 Å². The molecule has 1 aromatic heterocycles.